The number of likely N-dealkylation sites (N-methyl/N-ethyl adjacent to an activating group) is 1. The first-order chi connectivity index (χ1) is 21.5. The van der Waals surface area contributed by atoms with Crippen LogP contribution in [0.25, 0.3) is 56.0 Å². The van der Waals surface area contributed by atoms with Gasteiger partial charge in [-0.1, -0.05) is 20.8 Å². The molecule has 6 aromatic rings. The van der Waals surface area contributed by atoms with Gasteiger partial charge in [0.25, 0.3) is 0 Å². The number of nitrogens with one attached hydrogen (secondary N) is 4. The second kappa shape index (κ2) is 11.8. The van der Waals surface area contributed by atoms with E-state index in [2.05, 4.69) is 40.8 Å². The molecule has 0 saturated carbocycles. The van der Waals surface area contributed by atoms with E-state index in [0.29, 0.717) is 51.6 Å². The van der Waals surface area contributed by atoms with E-state index in [9.17, 15) is 9.50 Å². The summed E-state index contributed by atoms with van der Waals surface area (Å²) in [6, 6.07) is 8.12. The Morgan fingerprint density at radius 2 is 1.78 bits per heavy atom. The van der Waals surface area contributed by atoms with Crippen LogP contribution in [0.2, 0.25) is 0 Å². The number of fused-ring (bicyclic) bond motifs is 2. The van der Waals surface area contributed by atoms with Crippen LogP contribution in [0.5, 0.6) is 0 Å². The lowest BCUT2D eigenvalue weighted by Crippen LogP contribution is -2.33. The van der Waals surface area contributed by atoms with E-state index in [1.165, 1.54) is 24.5 Å². The number of H-pyrrole nitrogens is 2. The number of hydrogen-bond acceptors (Lipinski definition) is 9. The molecule has 0 amide bonds. The van der Waals surface area contributed by atoms with Crippen molar-refractivity contribution in [3.8, 4) is 33.9 Å². The average molecular weight is 613 g/mol. The fourth-order valence-electron chi connectivity index (χ4n) is 4.88. The fraction of sp³-hybridized carbons (Fsp3) is 0.281. The van der Waals surface area contributed by atoms with E-state index >= 15 is 4.39 Å². The molecular formula is C32H34F2N10O. The first-order valence-corrected chi connectivity index (χ1v) is 14.4. The maximum absolute atomic E-state index is 16.3. The molecule has 0 bridgehead atoms. The SMILES string of the molecule is CN(C)CCNc1cc(F)cc(-c2nccc3[nH]c(-c4n[nH]c5ncc(-c6cncc(NC(O)C(C)(C)C)c6)c(F)c45)nc23)c1. The van der Waals surface area contributed by atoms with Gasteiger partial charge in [-0.15, -0.1) is 0 Å². The molecule has 13 heteroatoms. The van der Waals surface area contributed by atoms with Crippen LogP contribution in [0.3, 0.4) is 0 Å². The monoisotopic (exact) mass is 612 g/mol. The molecule has 0 saturated heterocycles. The topological polar surface area (TPSA) is 144 Å². The summed E-state index contributed by atoms with van der Waals surface area (Å²) in [6.07, 6.45) is 5.27. The van der Waals surface area contributed by atoms with E-state index in [-0.39, 0.29) is 22.3 Å². The van der Waals surface area contributed by atoms with Gasteiger partial charge in [-0.3, -0.25) is 15.1 Å². The Kier molecular flexibility index (Phi) is 7.89. The third-order valence-corrected chi connectivity index (χ3v) is 7.38. The third kappa shape index (κ3) is 6.17. The first kappa shape index (κ1) is 30.0. The first-order valence-electron chi connectivity index (χ1n) is 14.4. The van der Waals surface area contributed by atoms with Crippen LogP contribution in [0.4, 0.5) is 20.2 Å². The summed E-state index contributed by atoms with van der Waals surface area (Å²) in [7, 11) is 3.94. The molecule has 5 heterocycles. The largest absolute Gasteiger partial charge is 0.384 e. The molecule has 11 nitrogen and oxygen atoms in total. The van der Waals surface area contributed by atoms with Crippen molar-refractivity contribution in [2.24, 2.45) is 5.41 Å². The number of pyridine rings is 3. The van der Waals surface area contributed by atoms with Gasteiger partial charge in [0.15, 0.2) is 11.5 Å². The Bertz CT molecular complexity index is 2000. The average Bonchev–Trinajstić information content (AvgIpc) is 3.61. The summed E-state index contributed by atoms with van der Waals surface area (Å²) in [5, 5.41) is 24.0. The molecule has 0 fully saturated rings. The van der Waals surface area contributed by atoms with E-state index in [0.717, 1.165) is 6.54 Å². The van der Waals surface area contributed by atoms with Crippen molar-refractivity contribution in [2.75, 3.05) is 37.8 Å². The second-order valence-corrected chi connectivity index (χ2v) is 12.3. The zero-order valence-electron chi connectivity index (χ0n) is 25.6. The Morgan fingerprint density at radius 1 is 0.978 bits per heavy atom. The summed E-state index contributed by atoms with van der Waals surface area (Å²) in [6.45, 7) is 7.13. The lowest BCUT2D eigenvalue weighted by molar-refractivity contribution is 0.0880. The van der Waals surface area contributed by atoms with Gasteiger partial charge in [-0.25, -0.2) is 18.7 Å². The summed E-state index contributed by atoms with van der Waals surface area (Å²) in [4.78, 5) is 23.1. The number of imidazole rings is 1. The van der Waals surface area contributed by atoms with Gasteiger partial charge < -0.3 is 25.6 Å². The molecule has 6 rings (SSSR count). The molecule has 5 N–H and O–H groups in total. The highest BCUT2D eigenvalue weighted by molar-refractivity contribution is 5.97. The van der Waals surface area contributed by atoms with Crippen LogP contribution in [0, 0.1) is 17.0 Å². The van der Waals surface area contributed by atoms with Crippen molar-refractivity contribution in [1.82, 2.24) is 40.0 Å². The molecule has 0 aliphatic rings. The minimum absolute atomic E-state index is 0.146. The normalized spacial score (nSPS) is 12.7. The lowest BCUT2D eigenvalue weighted by Gasteiger charge is -2.27. The molecule has 1 unspecified atom stereocenters. The standard InChI is InChI=1S/C32H34F2N10O/c1-32(2,3)31(45)39-21-12-18(14-35-15-21)22-16-38-29-24(25(22)34)28(42-43-29)30-40-23-6-7-37-26(27(23)41-30)17-10-19(33)13-20(11-17)36-8-9-44(4)5/h6-7,10-16,31,36,39,45H,8-9H2,1-5H3,(H,40,41)(H,38,42,43). The molecule has 0 aliphatic heterocycles. The predicted octanol–water partition coefficient (Wildman–Crippen LogP) is 5.65. The van der Waals surface area contributed by atoms with Gasteiger partial charge in [0.05, 0.1) is 28.5 Å². The number of hydrogen-bond donors (Lipinski definition) is 5. The van der Waals surface area contributed by atoms with Crippen LogP contribution in [0.1, 0.15) is 20.8 Å². The van der Waals surface area contributed by atoms with Crippen LogP contribution in [-0.2, 0) is 0 Å². The summed E-state index contributed by atoms with van der Waals surface area (Å²) < 4.78 is 30.9. The van der Waals surface area contributed by atoms with Crippen molar-refractivity contribution in [3.63, 3.8) is 0 Å². The van der Waals surface area contributed by atoms with Gasteiger partial charge in [0.1, 0.15) is 29.1 Å². The molecule has 1 atom stereocenters. The smallest absolute Gasteiger partial charge is 0.159 e. The van der Waals surface area contributed by atoms with Crippen molar-refractivity contribution in [2.45, 2.75) is 27.0 Å². The van der Waals surface area contributed by atoms with Crippen molar-refractivity contribution >= 4 is 33.4 Å². The van der Waals surface area contributed by atoms with Gasteiger partial charge in [0.2, 0.25) is 0 Å². The minimum Gasteiger partial charge on any atom is -0.384 e. The van der Waals surface area contributed by atoms with Crippen molar-refractivity contribution < 1.29 is 13.9 Å². The summed E-state index contributed by atoms with van der Waals surface area (Å²) in [5.41, 5.74) is 4.02. The highest BCUT2D eigenvalue weighted by Gasteiger charge is 2.24. The van der Waals surface area contributed by atoms with Crippen LogP contribution in [-0.4, -0.2) is 78.5 Å². The number of anilines is 2. The third-order valence-electron chi connectivity index (χ3n) is 7.38. The van der Waals surface area contributed by atoms with Gasteiger partial charge in [-0.2, -0.15) is 5.10 Å². The maximum Gasteiger partial charge on any atom is 0.159 e. The zero-order chi connectivity index (χ0) is 31.9. The number of halogens is 2. The highest BCUT2D eigenvalue weighted by Crippen LogP contribution is 2.35. The summed E-state index contributed by atoms with van der Waals surface area (Å²) >= 11 is 0. The molecule has 0 aliphatic carbocycles. The van der Waals surface area contributed by atoms with Crippen LogP contribution in [0.15, 0.2) is 55.1 Å². The Morgan fingerprint density at radius 3 is 2.56 bits per heavy atom. The molecular weight excluding hydrogens is 578 g/mol. The van der Waals surface area contributed by atoms with Gasteiger partial charge in [-0.05, 0) is 44.4 Å². The van der Waals surface area contributed by atoms with Crippen molar-refractivity contribution in [3.05, 3.63) is 66.8 Å². The number of aliphatic hydroxyl groups is 1. The van der Waals surface area contributed by atoms with Crippen LogP contribution >= 0.6 is 0 Å². The minimum atomic E-state index is -0.841. The number of aliphatic hydroxyl groups excluding tert-OH is 1. The predicted molar refractivity (Wildman–Crippen MR) is 171 cm³/mol. The van der Waals surface area contributed by atoms with E-state index in [1.54, 1.807) is 24.5 Å². The van der Waals surface area contributed by atoms with E-state index in [1.807, 2.05) is 45.8 Å². The fourth-order valence-corrected chi connectivity index (χ4v) is 4.88. The zero-order valence-corrected chi connectivity index (χ0v) is 25.6. The quantitative estimate of drug-likeness (QED) is 0.131. The molecule has 45 heavy (non-hydrogen) atoms. The van der Waals surface area contributed by atoms with Crippen molar-refractivity contribution in [1.29, 1.82) is 0 Å². The summed E-state index contributed by atoms with van der Waals surface area (Å²) in [5.74, 6) is -0.669. The van der Waals surface area contributed by atoms with Gasteiger partial charge >= 0.3 is 0 Å². The number of aromatic nitrogens is 7. The molecule has 0 spiro atoms. The number of nitrogens with zero attached hydrogens (tertiary/aromatic N) is 6. The molecule has 232 valence electrons. The van der Waals surface area contributed by atoms with Gasteiger partial charge in [0, 0.05) is 59.5 Å². The lowest BCUT2D eigenvalue weighted by atomic mass is 9.94. The molecule has 1 aromatic carbocycles. The highest BCUT2D eigenvalue weighted by atomic mass is 19.1. The van der Waals surface area contributed by atoms with E-state index in [4.69, 9.17) is 4.98 Å². The number of aromatic amines is 2. The second-order valence-electron chi connectivity index (χ2n) is 12.3. The molecule has 5 aromatic heterocycles. The Hall–Kier alpha value is -5.01. The number of rotatable bonds is 9. The number of benzene rings is 1. The Labute approximate surface area is 258 Å². The Balaban J connectivity index is 1.38. The van der Waals surface area contributed by atoms with Crippen LogP contribution < -0.4 is 10.6 Å². The maximum atomic E-state index is 16.3. The van der Waals surface area contributed by atoms with E-state index < -0.39 is 23.3 Å². The molecule has 0 radical (unpaired) electrons.